The van der Waals surface area contributed by atoms with E-state index >= 15 is 0 Å². The molecule has 0 saturated carbocycles. The number of aromatic nitrogens is 3. The zero-order valence-corrected chi connectivity index (χ0v) is 9.81. The summed E-state index contributed by atoms with van der Waals surface area (Å²) in [5.74, 6) is 1.76. The van der Waals surface area contributed by atoms with Crippen LogP contribution < -0.4 is 0 Å². The van der Waals surface area contributed by atoms with E-state index in [0.717, 1.165) is 17.1 Å². The second-order valence-electron chi connectivity index (χ2n) is 3.39. The van der Waals surface area contributed by atoms with Gasteiger partial charge in [0.15, 0.2) is 0 Å². The minimum Gasteiger partial charge on any atom is -0.392 e. The quantitative estimate of drug-likeness (QED) is 0.818. The minimum absolute atomic E-state index is 0.0915. The maximum absolute atomic E-state index is 8.92. The molecule has 1 aromatic heterocycles. The van der Waals surface area contributed by atoms with Gasteiger partial charge in [-0.3, -0.25) is 4.68 Å². The minimum atomic E-state index is 0.0915. The van der Waals surface area contributed by atoms with E-state index in [4.69, 9.17) is 5.11 Å². The first-order chi connectivity index (χ1) is 7.79. The van der Waals surface area contributed by atoms with Gasteiger partial charge >= 0.3 is 0 Å². The average molecular weight is 235 g/mol. The molecule has 0 aliphatic carbocycles. The molecule has 0 amide bonds. The zero-order chi connectivity index (χ0) is 11.4. The first-order valence-electron chi connectivity index (χ1n) is 4.95. The Hall–Kier alpha value is -1.33. The van der Waals surface area contributed by atoms with Gasteiger partial charge in [0.1, 0.15) is 12.2 Å². The lowest BCUT2D eigenvalue weighted by Gasteiger charge is -2.02. The van der Waals surface area contributed by atoms with Crippen LogP contribution in [0.25, 0.3) is 0 Å². The summed E-state index contributed by atoms with van der Waals surface area (Å²) in [4.78, 5) is 5.32. The van der Waals surface area contributed by atoms with Gasteiger partial charge in [-0.2, -0.15) is 5.10 Å². The molecule has 0 bridgehead atoms. The van der Waals surface area contributed by atoms with Crippen molar-refractivity contribution in [3.8, 4) is 0 Å². The Balaban J connectivity index is 1.97. The van der Waals surface area contributed by atoms with Gasteiger partial charge in [-0.05, 0) is 17.7 Å². The Labute approximate surface area is 98.3 Å². The highest BCUT2D eigenvalue weighted by atomic mass is 32.2. The predicted octanol–water partition coefficient (Wildman–Crippen LogP) is 1.60. The summed E-state index contributed by atoms with van der Waals surface area (Å²) < 4.78 is 1.77. The number of nitrogens with zero attached hydrogens (tertiary/aromatic N) is 3. The molecule has 1 heterocycles. The highest BCUT2D eigenvalue weighted by molar-refractivity contribution is 7.98. The Morgan fingerprint density at radius 3 is 2.62 bits per heavy atom. The predicted molar refractivity (Wildman–Crippen MR) is 62.9 cm³/mol. The van der Waals surface area contributed by atoms with Crippen LogP contribution in [0.3, 0.4) is 0 Å². The molecule has 0 aliphatic rings. The van der Waals surface area contributed by atoms with Gasteiger partial charge in [-0.25, -0.2) is 4.98 Å². The SMILES string of the molecule is Cn1ncnc1CSc1ccc(CO)cc1. The fourth-order valence-electron chi connectivity index (χ4n) is 1.29. The Morgan fingerprint density at radius 1 is 1.31 bits per heavy atom. The van der Waals surface area contributed by atoms with Gasteiger partial charge in [0.25, 0.3) is 0 Å². The van der Waals surface area contributed by atoms with Crippen LogP contribution in [0.4, 0.5) is 0 Å². The summed E-state index contributed by atoms with van der Waals surface area (Å²) in [5.41, 5.74) is 0.933. The van der Waals surface area contributed by atoms with Gasteiger partial charge in [-0.1, -0.05) is 12.1 Å². The van der Waals surface area contributed by atoms with Crippen molar-refractivity contribution in [1.29, 1.82) is 0 Å². The van der Waals surface area contributed by atoms with Crippen molar-refractivity contribution in [1.82, 2.24) is 14.8 Å². The second kappa shape index (κ2) is 5.14. The number of hydrogen-bond acceptors (Lipinski definition) is 4. The van der Waals surface area contributed by atoms with Gasteiger partial charge in [0.2, 0.25) is 0 Å². The van der Waals surface area contributed by atoms with E-state index in [9.17, 15) is 0 Å². The largest absolute Gasteiger partial charge is 0.392 e. The van der Waals surface area contributed by atoms with E-state index in [1.807, 2.05) is 31.3 Å². The van der Waals surface area contributed by atoms with Crippen molar-refractivity contribution in [2.75, 3.05) is 0 Å². The molecule has 0 aliphatic heterocycles. The van der Waals surface area contributed by atoms with Crippen molar-refractivity contribution in [2.24, 2.45) is 7.05 Å². The molecule has 0 atom stereocenters. The smallest absolute Gasteiger partial charge is 0.138 e. The van der Waals surface area contributed by atoms with Crippen LogP contribution in [0.5, 0.6) is 0 Å². The highest BCUT2D eigenvalue weighted by Crippen LogP contribution is 2.21. The molecule has 1 N–H and O–H groups in total. The van der Waals surface area contributed by atoms with Crippen molar-refractivity contribution < 1.29 is 5.11 Å². The topological polar surface area (TPSA) is 50.9 Å². The lowest BCUT2D eigenvalue weighted by atomic mass is 10.2. The number of aliphatic hydroxyl groups excluding tert-OH is 1. The third kappa shape index (κ3) is 2.62. The molecule has 4 nitrogen and oxygen atoms in total. The van der Waals surface area contributed by atoms with Gasteiger partial charge in [0.05, 0.1) is 12.4 Å². The molecule has 0 saturated heterocycles. The molecule has 0 radical (unpaired) electrons. The lowest BCUT2D eigenvalue weighted by molar-refractivity contribution is 0.282. The van der Waals surface area contributed by atoms with E-state index in [1.165, 1.54) is 4.90 Å². The molecular weight excluding hydrogens is 222 g/mol. The Bertz CT molecular complexity index is 453. The van der Waals surface area contributed by atoms with Crippen molar-refractivity contribution >= 4 is 11.8 Å². The lowest BCUT2D eigenvalue weighted by Crippen LogP contribution is -1.97. The molecule has 0 spiro atoms. The van der Waals surface area contributed by atoms with Gasteiger partial charge < -0.3 is 5.11 Å². The van der Waals surface area contributed by atoms with Crippen LogP contribution in [0.2, 0.25) is 0 Å². The van der Waals surface area contributed by atoms with Gasteiger partial charge in [-0.15, -0.1) is 11.8 Å². The van der Waals surface area contributed by atoms with Crippen molar-refractivity contribution in [3.63, 3.8) is 0 Å². The first kappa shape index (κ1) is 11.2. The molecule has 84 valence electrons. The first-order valence-corrected chi connectivity index (χ1v) is 5.93. The summed E-state index contributed by atoms with van der Waals surface area (Å²) in [6, 6.07) is 7.87. The fraction of sp³-hybridized carbons (Fsp3) is 0.273. The monoisotopic (exact) mass is 235 g/mol. The van der Waals surface area contributed by atoms with Crippen molar-refractivity contribution in [3.05, 3.63) is 42.0 Å². The van der Waals surface area contributed by atoms with Crippen LogP contribution in [0.15, 0.2) is 35.5 Å². The molecule has 16 heavy (non-hydrogen) atoms. The van der Waals surface area contributed by atoms with E-state index < -0.39 is 0 Å². The summed E-state index contributed by atoms with van der Waals surface area (Å²) in [6.07, 6.45) is 1.56. The van der Waals surface area contributed by atoms with E-state index in [-0.39, 0.29) is 6.61 Å². The molecule has 0 fully saturated rings. The summed E-state index contributed by atoms with van der Waals surface area (Å²) in [7, 11) is 1.89. The van der Waals surface area contributed by atoms with Gasteiger partial charge in [0, 0.05) is 11.9 Å². The van der Waals surface area contributed by atoms with E-state index in [0.29, 0.717) is 0 Å². The number of rotatable bonds is 4. The molecule has 5 heteroatoms. The second-order valence-corrected chi connectivity index (χ2v) is 4.44. The number of aryl methyl sites for hydroxylation is 1. The summed E-state index contributed by atoms with van der Waals surface area (Å²) >= 11 is 1.71. The zero-order valence-electron chi connectivity index (χ0n) is 9.00. The van der Waals surface area contributed by atoms with Crippen LogP contribution in [-0.4, -0.2) is 19.9 Å². The molecule has 2 aromatic rings. The Morgan fingerprint density at radius 2 is 2.06 bits per heavy atom. The molecular formula is C11H13N3OS. The van der Waals surface area contributed by atoms with Crippen molar-refractivity contribution in [2.45, 2.75) is 17.3 Å². The van der Waals surface area contributed by atoms with Crippen LogP contribution in [-0.2, 0) is 19.4 Å². The number of aliphatic hydroxyl groups is 1. The highest BCUT2D eigenvalue weighted by Gasteiger charge is 2.01. The third-order valence-corrected chi connectivity index (χ3v) is 3.29. The molecule has 1 aromatic carbocycles. The van der Waals surface area contributed by atoms with Crippen LogP contribution in [0.1, 0.15) is 11.4 Å². The molecule has 0 unspecified atom stereocenters. The van der Waals surface area contributed by atoms with Crippen LogP contribution in [0, 0.1) is 0 Å². The third-order valence-electron chi connectivity index (χ3n) is 2.28. The van der Waals surface area contributed by atoms with Crippen LogP contribution >= 0.6 is 11.8 Å². The van der Waals surface area contributed by atoms with E-state index in [2.05, 4.69) is 10.1 Å². The summed E-state index contributed by atoms with van der Waals surface area (Å²) in [5, 5.41) is 12.9. The summed E-state index contributed by atoms with van der Waals surface area (Å²) in [6.45, 7) is 0.0915. The molecule has 2 rings (SSSR count). The van der Waals surface area contributed by atoms with E-state index in [1.54, 1.807) is 22.8 Å². The number of benzene rings is 1. The maximum Gasteiger partial charge on any atom is 0.138 e. The normalized spacial score (nSPS) is 10.6. The number of thioether (sulfide) groups is 1. The standard InChI is InChI=1S/C11H13N3OS/c1-14-11(12-8-13-14)7-16-10-4-2-9(6-15)3-5-10/h2-5,8,15H,6-7H2,1H3. The average Bonchev–Trinajstić information content (AvgIpc) is 2.73. The fourth-order valence-corrected chi connectivity index (χ4v) is 2.18. The Kier molecular flexibility index (Phi) is 3.58. The maximum atomic E-state index is 8.92. The number of hydrogen-bond donors (Lipinski definition) is 1.